The Balaban J connectivity index is 3.20. The van der Waals surface area contributed by atoms with Gasteiger partial charge in [-0.15, -0.1) is 0 Å². The number of aliphatic hydroxyl groups is 1. The molecule has 0 fully saturated rings. The second-order valence-electron chi connectivity index (χ2n) is 3.09. The van der Waals surface area contributed by atoms with E-state index in [2.05, 4.69) is 0 Å². The molecule has 2 atom stereocenters. The van der Waals surface area contributed by atoms with Crippen molar-refractivity contribution in [2.75, 3.05) is 0 Å². The first-order valence-electron chi connectivity index (χ1n) is 4.01. The van der Waals surface area contributed by atoms with Gasteiger partial charge >= 0.3 is 0 Å². The van der Waals surface area contributed by atoms with Gasteiger partial charge in [0.25, 0.3) is 0 Å². The molecule has 0 unspecified atom stereocenters. The summed E-state index contributed by atoms with van der Waals surface area (Å²) in [5, 5.41) is 9.33. The van der Waals surface area contributed by atoms with Gasteiger partial charge in [0.05, 0.1) is 6.10 Å². The van der Waals surface area contributed by atoms with Crippen LogP contribution in [-0.2, 0) is 0 Å². The van der Waals surface area contributed by atoms with Crippen LogP contribution in [0.3, 0.4) is 0 Å². The second kappa shape index (κ2) is 3.98. The molecule has 5 heteroatoms. The Kier molecular flexibility index (Phi) is 3.13. The first-order chi connectivity index (χ1) is 6.43. The molecule has 0 saturated carbocycles. The third kappa shape index (κ3) is 2.05. The summed E-state index contributed by atoms with van der Waals surface area (Å²) in [6.07, 6.45) is -1.42. The maximum Gasteiger partial charge on any atom is 0.164 e. The molecule has 0 bridgehead atoms. The standard InChI is InChI=1S/C9H10F3NO/c1-4(13)9(14)6-2-5(10)3-7(11)8(6)12/h2-4,9,14H,13H2,1H3/t4-,9-/m1/s1. The van der Waals surface area contributed by atoms with Crippen molar-refractivity contribution in [1.29, 1.82) is 0 Å². The minimum Gasteiger partial charge on any atom is -0.387 e. The van der Waals surface area contributed by atoms with Crippen LogP contribution < -0.4 is 5.73 Å². The Morgan fingerprint density at radius 1 is 1.29 bits per heavy atom. The van der Waals surface area contributed by atoms with E-state index in [1.165, 1.54) is 6.92 Å². The Hall–Kier alpha value is -1.07. The number of halogens is 3. The molecular weight excluding hydrogens is 195 g/mol. The lowest BCUT2D eigenvalue weighted by molar-refractivity contribution is 0.147. The average molecular weight is 205 g/mol. The molecule has 0 radical (unpaired) electrons. The molecule has 0 aliphatic rings. The molecule has 0 aliphatic heterocycles. The van der Waals surface area contributed by atoms with E-state index in [-0.39, 0.29) is 0 Å². The highest BCUT2D eigenvalue weighted by Gasteiger charge is 2.20. The van der Waals surface area contributed by atoms with Crippen molar-refractivity contribution in [2.24, 2.45) is 5.73 Å². The monoisotopic (exact) mass is 205 g/mol. The minimum absolute atomic E-state index is 0.409. The molecule has 1 rings (SSSR count). The molecule has 0 aromatic heterocycles. The normalized spacial score (nSPS) is 15.3. The van der Waals surface area contributed by atoms with Crippen molar-refractivity contribution >= 4 is 0 Å². The van der Waals surface area contributed by atoms with E-state index in [4.69, 9.17) is 5.73 Å². The molecule has 78 valence electrons. The molecular formula is C9H10F3NO. The van der Waals surface area contributed by atoms with Crippen LogP contribution in [0.4, 0.5) is 13.2 Å². The van der Waals surface area contributed by atoms with Crippen LogP contribution in [0.15, 0.2) is 12.1 Å². The molecule has 14 heavy (non-hydrogen) atoms. The summed E-state index contributed by atoms with van der Waals surface area (Å²) < 4.78 is 38.4. The van der Waals surface area contributed by atoms with Gasteiger partial charge in [0.1, 0.15) is 5.82 Å². The van der Waals surface area contributed by atoms with Crippen LogP contribution in [-0.4, -0.2) is 11.1 Å². The Bertz CT molecular complexity index is 341. The Morgan fingerprint density at radius 3 is 2.36 bits per heavy atom. The van der Waals surface area contributed by atoms with Crippen molar-refractivity contribution in [2.45, 2.75) is 19.1 Å². The number of rotatable bonds is 2. The van der Waals surface area contributed by atoms with Gasteiger partial charge in [0.15, 0.2) is 11.6 Å². The number of hydrogen-bond acceptors (Lipinski definition) is 2. The van der Waals surface area contributed by atoms with Gasteiger partial charge in [-0.25, -0.2) is 13.2 Å². The zero-order valence-electron chi connectivity index (χ0n) is 7.47. The summed E-state index contributed by atoms with van der Waals surface area (Å²) in [5.41, 5.74) is 4.81. The lowest BCUT2D eigenvalue weighted by atomic mass is 10.0. The largest absolute Gasteiger partial charge is 0.387 e. The van der Waals surface area contributed by atoms with Crippen LogP contribution in [0, 0.1) is 17.5 Å². The lowest BCUT2D eigenvalue weighted by Gasteiger charge is -2.15. The fourth-order valence-corrected chi connectivity index (χ4v) is 1.07. The third-order valence-electron chi connectivity index (χ3n) is 1.84. The van der Waals surface area contributed by atoms with Gasteiger partial charge in [-0.1, -0.05) is 0 Å². The zero-order chi connectivity index (χ0) is 10.9. The number of nitrogens with two attached hydrogens (primary N) is 1. The van der Waals surface area contributed by atoms with E-state index in [1.54, 1.807) is 0 Å². The van der Waals surface area contributed by atoms with Crippen molar-refractivity contribution in [3.05, 3.63) is 35.1 Å². The van der Waals surface area contributed by atoms with Gasteiger partial charge in [-0.2, -0.15) is 0 Å². The molecule has 0 aliphatic carbocycles. The predicted octanol–water partition coefficient (Wildman–Crippen LogP) is 1.48. The predicted molar refractivity (Wildman–Crippen MR) is 44.9 cm³/mol. The smallest absolute Gasteiger partial charge is 0.164 e. The van der Waals surface area contributed by atoms with E-state index in [0.29, 0.717) is 6.07 Å². The van der Waals surface area contributed by atoms with Gasteiger partial charge in [0, 0.05) is 17.7 Å². The summed E-state index contributed by atoms with van der Waals surface area (Å²) in [7, 11) is 0. The first-order valence-corrected chi connectivity index (χ1v) is 4.01. The Morgan fingerprint density at radius 2 is 1.86 bits per heavy atom. The number of aliphatic hydroxyl groups excluding tert-OH is 1. The van der Waals surface area contributed by atoms with Crippen LogP contribution >= 0.6 is 0 Å². The fourth-order valence-electron chi connectivity index (χ4n) is 1.07. The van der Waals surface area contributed by atoms with Crippen LogP contribution in [0.2, 0.25) is 0 Å². The highest BCUT2D eigenvalue weighted by molar-refractivity contribution is 5.23. The van der Waals surface area contributed by atoms with Crippen molar-refractivity contribution in [1.82, 2.24) is 0 Å². The summed E-state index contributed by atoms with van der Waals surface area (Å²) in [6, 6.07) is 0.338. The third-order valence-corrected chi connectivity index (χ3v) is 1.84. The van der Waals surface area contributed by atoms with Gasteiger partial charge < -0.3 is 10.8 Å². The summed E-state index contributed by atoms with van der Waals surface area (Å²) in [4.78, 5) is 0. The quantitative estimate of drug-likeness (QED) is 0.718. The van der Waals surface area contributed by atoms with Gasteiger partial charge in [-0.3, -0.25) is 0 Å². The zero-order valence-corrected chi connectivity index (χ0v) is 7.47. The lowest BCUT2D eigenvalue weighted by Crippen LogP contribution is -2.25. The van der Waals surface area contributed by atoms with E-state index in [0.717, 1.165) is 6.07 Å². The fraction of sp³-hybridized carbons (Fsp3) is 0.333. The van der Waals surface area contributed by atoms with Gasteiger partial charge in [0.2, 0.25) is 0 Å². The molecule has 3 N–H and O–H groups in total. The molecule has 0 heterocycles. The maximum atomic E-state index is 13.0. The molecule has 0 amide bonds. The molecule has 2 nitrogen and oxygen atoms in total. The SMILES string of the molecule is C[C@@H](N)[C@@H](O)c1cc(F)cc(F)c1F. The maximum absolute atomic E-state index is 13.0. The van der Waals surface area contributed by atoms with Crippen molar-refractivity contribution in [3.8, 4) is 0 Å². The number of benzene rings is 1. The van der Waals surface area contributed by atoms with Crippen LogP contribution in [0.25, 0.3) is 0 Å². The average Bonchev–Trinajstić information content (AvgIpc) is 2.09. The van der Waals surface area contributed by atoms with E-state index in [1.807, 2.05) is 0 Å². The summed E-state index contributed by atoms with van der Waals surface area (Å²) in [6.45, 7) is 1.41. The van der Waals surface area contributed by atoms with Crippen molar-refractivity contribution in [3.63, 3.8) is 0 Å². The summed E-state index contributed by atoms with van der Waals surface area (Å²) in [5.74, 6) is -3.55. The highest BCUT2D eigenvalue weighted by Crippen LogP contribution is 2.22. The van der Waals surface area contributed by atoms with Crippen LogP contribution in [0.1, 0.15) is 18.6 Å². The highest BCUT2D eigenvalue weighted by atomic mass is 19.2. The van der Waals surface area contributed by atoms with E-state index in [9.17, 15) is 18.3 Å². The minimum atomic E-state index is -1.42. The van der Waals surface area contributed by atoms with E-state index >= 15 is 0 Å². The second-order valence-corrected chi connectivity index (χ2v) is 3.09. The first kappa shape index (κ1) is 11.0. The van der Waals surface area contributed by atoms with Crippen LogP contribution in [0.5, 0.6) is 0 Å². The molecule has 1 aromatic carbocycles. The molecule has 1 aromatic rings. The molecule has 0 saturated heterocycles. The van der Waals surface area contributed by atoms with Gasteiger partial charge in [-0.05, 0) is 13.0 Å². The molecule has 0 spiro atoms. The summed E-state index contributed by atoms with van der Waals surface area (Å²) >= 11 is 0. The Labute approximate surface area is 79.2 Å². The van der Waals surface area contributed by atoms with E-state index < -0.39 is 35.2 Å². The number of hydrogen-bond donors (Lipinski definition) is 2. The van der Waals surface area contributed by atoms with Crippen molar-refractivity contribution < 1.29 is 18.3 Å². The topological polar surface area (TPSA) is 46.2 Å².